The molecule has 10 heteroatoms. The molecule has 176 valence electrons. The molecule has 9 nitrogen and oxygen atoms in total. The Labute approximate surface area is 197 Å². The van der Waals surface area contributed by atoms with Gasteiger partial charge < -0.3 is 0 Å². The quantitative estimate of drug-likeness (QED) is 0.298. The topological polar surface area (TPSA) is 122 Å². The maximum atomic E-state index is 12.8. The number of non-ortho nitro benzene ring substituents is 1. The second kappa shape index (κ2) is 10.4. The number of hydrogen-bond donors (Lipinski definition) is 1. The Kier molecular flexibility index (Phi) is 7.54. The zero-order valence-electron chi connectivity index (χ0n) is 18.9. The molecule has 1 amide bonds. The van der Waals surface area contributed by atoms with E-state index in [-0.39, 0.29) is 17.1 Å². The van der Waals surface area contributed by atoms with Crippen LogP contribution >= 0.6 is 0 Å². The molecule has 0 spiro atoms. The molecule has 0 aromatic heterocycles. The number of nitrogens with one attached hydrogen (secondary N) is 1. The third-order valence-corrected chi connectivity index (χ3v) is 6.97. The van der Waals surface area contributed by atoms with E-state index >= 15 is 0 Å². The van der Waals surface area contributed by atoms with Crippen molar-refractivity contribution in [1.29, 1.82) is 0 Å². The van der Waals surface area contributed by atoms with Crippen LogP contribution in [0, 0.1) is 17.0 Å². The van der Waals surface area contributed by atoms with Crippen LogP contribution in [0.2, 0.25) is 0 Å². The van der Waals surface area contributed by atoms with Gasteiger partial charge in [0.1, 0.15) is 0 Å². The molecule has 1 N–H and O–H groups in total. The van der Waals surface area contributed by atoms with Gasteiger partial charge in [-0.1, -0.05) is 42.0 Å². The number of carbonyl (C=O) groups excluding carboxylic acids is 1. The summed E-state index contributed by atoms with van der Waals surface area (Å²) < 4.78 is 26.8. The van der Waals surface area contributed by atoms with E-state index in [1.54, 1.807) is 67.6 Å². The largest absolute Gasteiger partial charge is 0.271 e. The molecular weight excluding hydrogens is 456 g/mol. The van der Waals surface area contributed by atoms with Crippen LogP contribution in [-0.2, 0) is 16.6 Å². The number of aryl methyl sites for hydroxylation is 1. The molecule has 3 aromatic rings. The fraction of sp³-hybridized carbons (Fsp3) is 0.167. The summed E-state index contributed by atoms with van der Waals surface area (Å²) in [5.74, 6) is -0.461. The number of nitro benzene ring substituents is 1. The number of sulfonamides is 1. The number of nitrogens with zero attached hydrogens (tertiary/aromatic N) is 3. The molecule has 0 saturated carbocycles. The standard InChI is InChI=1S/C24H24N4O5S/c1-17-7-13-23(14-8-17)34(32,33)27(3)16-19-9-11-20(12-10-19)24(29)26-25-18(2)21-5-4-6-22(15-21)28(30)31/h4-15H,16H2,1-3H3,(H,26,29)/b25-18+. The Morgan fingerprint density at radius 3 is 2.29 bits per heavy atom. The molecule has 0 heterocycles. The van der Waals surface area contributed by atoms with Gasteiger partial charge in [-0.15, -0.1) is 0 Å². The van der Waals surface area contributed by atoms with Gasteiger partial charge in [-0.05, 0) is 43.7 Å². The minimum atomic E-state index is -3.64. The summed E-state index contributed by atoms with van der Waals surface area (Å²) >= 11 is 0. The third-order valence-electron chi connectivity index (χ3n) is 5.15. The van der Waals surface area contributed by atoms with Crippen LogP contribution in [0.15, 0.2) is 82.8 Å². The highest BCUT2D eigenvalue weighted by atomic mass is 32.2. The van der Waals surface area contributed by atoms with Gasteiger partial charge in [0.05, 0.1) is 15.5 Å². The van der Waals surface area contributed by atoms with Crippen molar-refractivity contribution in [1.82, 2.24) is 9.73 Å². The second-order valence-electron chi connectivity index (χ2n) is 7.72. The molecule has 3 rings (SSSR count). The molecule has 0 aliphatic heterocycles. The summed E-state index contributed by atoms with van der Waals surface area (Å²) in [6.07, 6.45) is 0. The number of hydrogen-bond acceptors (Lipinski definition) is 6. The van der Waals surface area contributed by atoms with E-state index in [1.165, 1.54) is 23.5 Å². The van der Waals surface area contributed by atoms with Crippen molar-refractivity contribution < 1.29 is 18.1 Å². The highest BCUT2D eigenvalue weighted by Crippen LogP contribution is 2.18. The number of benzene rings is 3. The van der Waals surface area contributed by atoms with Crippen molar-refractivity contribution >= 4 is 27.3 Å². The predicted octanol–water partition coefficient (Wildman–Crippen LogP) is 3.88. The van der Waals surface area contributed by atoms with Crippen molar-refractivity contribution in [3.63, 3.8) is 0 Å². The molecule has 0 saturated heterocycles. The van der Waals surface area contributed by atoms with Crippen LogP contribution in [0.4, 0.5) is 5.69 Å². The normalized spacial score (nSPS) is 11.9. The Balaban J connectivity index is 1.65. The van der Waals surface area contributed by atoms with E-state index in [1.807, 2.05) is 6.92 Å². The second-order valence-corrected chi connectivity index (χ2v) is 9.76. The fourth-order valence-corrected chi connectivity index (χ4v) is 4.26. The lowest BCUT2D eigenvalue weighted by Crippen LogP contribution is -2.26. The van der Waals surface area contributed by atoms with Crippen LogP contribution < -0.4 is 5.43 Å². The van der Waals surface area contributed by atoms with Gasteiger partial charge >= 0.3 is 0 Å². The molecule has 0 unspecified atom stereocenters. The number of hydrazone groups is 1. The molecule has 0 bridgehead atoms. The number of nitro groups is 1. The van der Waals surface area contributed by atoms with Gasteiger partial charge in [0.15, 0.2) is 0 Å². The number of carbonyl (C=O) groups is 1. The van der Waals surface area contributed by atoms with Crippen molar-refractivity contribution in [2.24, 2.45) is 5.10 Å². The lowest BCUT2D eigenvalue weighted by atomic mass is 10.1. The van der Waals surface area contributed by atoms with Gasteiger partial charge in [-0.25, -0.2) is 13.8 Å². The highest BCUT2D eigenvalue weighted by molar-refractivity contribution is 7.89. The molecule has 0 radical (unpaired) electrons. The van der Waals surface area contributed by atoms with Crippen molar-refractivity contribution in [3.8, 4) is 0 Å². The third kappa shape index (κ3) is 5.91. The van der Waals surface area contributed by atoms with Crippen molar-refractivity contribution in [2.45, 2.75) is 25.3 Å². The fourth-order valence-electron chi connectivity index (χ4n) is 3.10. The van der Waals surface area contributed by atoms with Gasteiger partial charge in [-0.3, -0.25) is 14.9 Å². The van der Waals surface area contributed by atoms with Gasteiger partial charge in [0.2, 0.25) is 10.0 Å². The first-order chi connectivity index (χ1) is 16.1. The Bertz CT molecular complexity index is 1330. The van der Waals surface area contributed by atoms with Crippen LogP contribution in [0.25, 0.3) is 0 Å². The summed E-state index contributed by atoms with van der Waals surface area (Å²) in [6.45, 7) is 3.66. The van der Waals surface area contributed by atoms with Gasteiger partial charge in [0, 0.05) is 36.9 Å². The minimum absolute atomic E-state index is 0.0664. The lowest BCUT2D eigenvalue weighted by Gasteiger charge is -2.17. The first-order valence-corrected chi connectivity index (χ1v) is 11.7. The summed E-state index contributed by atoms with van der Waals surface area (Å²) in [5.41, 5.74) is 5.32. The lowest BCUT2D eigenvalue weighted by molar-refractivity contribution is -0.384. The van der Waals surface area contributed by atoms with Gasteiger partial charge in [-0.2, -0.15) is 9.41 Å². The molecular formula is C24H24N4O5S. The predicted molar refractivity (Wildman–Crippen MR) is 129 cm³/mol. The summed E-state index contributed by atoms with van der Waals surface area (Å²) in [4.78, 5) is 23.1. The van der Waals surface area contributed by atoms with E-state index in [9.17, 15) is 23.3 Å². The zero-order chi connectivity index (χ0) is 24.9. The molecule has 0 fully saturated rings. The Morgan fingerprint density at radius 2 is 1.68 bits per heavy atom. The maximum absolute atomic E-state index is 12.8. The maximum Gasteiger partial charge on any atom is 0.271 e. The minimum Gasteiger partial charge on any atom is -0.267 e. The van der Waals surface area contributed by atoms with E-state index in [2.05, 4.69) is 10.5 Å². The monoisotopic (exact) mass is 480 g/mol. The molecule has 0 atom stereocenters. The molecule has 34 heavy (non-hydrogen) atoms. The molecule has 0 aliphatic rings. The highest BCUT2D eigenvalue weighted by Gasteiger charge is 2.20. The van der Waals surface area contributed by atoms with E-state index in [4.69, 9.17) is 0 Å². The number of amides is 1. The smallest absolute Gasteiger partial charge is 0.267 e. The average molecular weight is 481 g/mol. The van der Waals surface area contributed by atoms with Crippen LogP contribution in [0.1, 0.15) is 34.0 Å². The average Bonchev–Trinajstić information content (AvgIpc) is 2.83. The van der Waals surface area contributed by atoms with Crippen LogP contribution in [0.5, 0.6) is 0 Å². The Hall–Kier alpha value is -3.89. The van der Waals surface area contributed by atoms with E-state index < -0.39 is 20.9 Å². The van der Waals surface area contributed by atoms with Crippen molar-refractivity contribution in [3.05, 3.63) is 105 Å². The van der Waals surface area contributed by atoms with Crippen LogP contribution in [-0.4, -0.2) is 36.3 Å². The summed E-state index contributed by atoms with van der Waals surface area (Å²) in [6, 6.07) is 19.1. The summed E-state index contributed by atoms with van der Waals surface area (Å²) in [7, 11) is -2.14. The first kappa shape index (κ1) is 24.7. The SMILES string of the molecule is C/C(=N\NC(=O)c1ccc(CN(C)S(=O)(=O)c2ccc(C)cc2)cc1)c1cccc([N+](=O)[O-])c1. The Morgan fingerprint density at radius 1 is 1.03 bits per heavy atom. The molecule has 3 aromatic carbocycles. The van der Waals surface area contributed by atoms with Gasteiger partial charge in [0.25, 0.3) is 11.6 Å². The molecule has 0 aliphatic carbocycles. The van der Waals surface area contributed by atoms with Crippen LogP contribution in [0.3, 0.4) is 0 Å². The van der Waals surface area contributed by atoms with Crippen molar-refractivity contribution in [2.75, 3.05) is 7.05 Å². The first-order valence-electron chi connectivity index (χ1n) is 10.3. The summed E-state index contributed by atoms with van der Waals surface area (Å²) in [5, 5.41) is 14.9. The van der Waals surface area contributed by atoms with E-state index in [0.29, 0.717) is 22.4 Å². The van der Waals surface area contributed by atoms with E-state index in [0.717, 1.165) is 5.56 Å². The number of rotatable bonds is 8. The zero-order valence-corrected chi connectivity index (χ0v) is 19.7.